The first-order valence-corrected chi connectivity index (χ1v) is 4.88. The van der Waals surface area contributed by atoms with Gasteiger partial charge in [-0.3, -0.25) is 0 Å². The highest BCUT2D eigenvalue weighted by molar-refractivity contribution is 9.09. The van der Waals surface area contributed by atoms with Crippen molar-refractivity contribution in [2.45, 2.75) is 0 Å². The van der Waals surface area contributed by atoms with Gasteiger partial charge in [-0.05, 0) is 12.1 Å². The summed E-state index contributed by atoms with van der Waals surface area (Å²) in [7, 11) is 0. The lowest BCUT2D eigenvalue weighted by atomic mass is 10.3. The SMILES string of the molecule is Fc1c(Cl)cccc1OCCBr. The van der Waals surface area contributed by atoms with E-state index in [0.717, 1.165) is 0 Å². The van der Waals surface area contributed by atoms with Crippen LogP contribution in [0.15, 0.2) is 18.2 Å². The van der Waals surface area contributed by atoms with E-state index in [1.807, 2.05) is 0 Å². The van der Waals surface area contributed by atoms with Crippen LogP contribution >= 0.6 is 27.5 Å². The van der Waals surface area contributed by atoms with Crippen LogP contribution in [0.5, 0.6) is 5.75 Å². The van der Waals surface area contributed by atoms with Gasteiger partial charge in [0.15, 0.2) is 11.6 Å². The summed E-state index contributed by atoms with van der Waals surface area (Å²) in [6.07, 6.45) is 0. The minimum Gasteiger partial charge on any atom is -0.490 e. The molecule has 0 fully saturated rings. The molecule has 0 saturated carbocycles. The molecule has 4 heteroatoms. The Hall–Kier alpha value is -0.280. The average Bonchev–Trinajstić information content (AvgIpc) is 2.08. The second-order valence-electron chi connectivity index (χ2n) is 2.09. The molecule has 66 valence electrons. The summed E-state index contributed by atoms with van der Waals surface area (Å²) in [6.45, 7) is 0.428. The molecule has 1 nitrogen and oxygen atoms in total. The third-order valence-corrected chi connectivity index (χ3v) is 1.87. The summed E-state index contributed by atoms with van der Waals surface area (Å²) in [6, 6.07) is 4.68. The fourth-order valence-corrected chi connectivity index (χ4v) is 1.07. The van der Waals surface area contributed by atoms with Crippen LogP contribution in [0.2, 0.25) is 5.02 Å². The maximum absolute atomic E-state index is 13.1. The Morgan fingerprint density at radius 3 is 2.92 bits per heavy atom. The van der Waals surface area contributed by atoms with Gasteiger partial charge in [-0.2, -0.15) is 0 Å². The highest BCUT2D eigenvalue weighted by atomic mass is 79.9. The second kappa shape index (κ2) is 4.67. The monoisotopic (exact) mass is 252 g/mol. The molecular formula is C8H7BrClFO. The Labute approximate surface area is 83.6 Å². The van der Waals surface area contributed by atoms with E-state index in [1.54, 1.807) is 12.1 Å². The third-order valence-electron chi connectivity index (χ3n) is 1.25. The number of rotatable bonds is 3. The molecule has 0 aliphatic carbocycles. The van der Waals surface area contributed by atoms with Gasteiger partial charge in [0.25, 0.3) is 0 Å². The van der Waals surface area contributed by atoms with Crippen molar-refractivity contribution in [1.29, 1.82) is 0 Å². The predicted molar refractivity (Wildman–Crippen MR) is 50.7 cm³/mol. The van der Waals surface area contributed by atoms with E-state index in [-0.39, 0.29) is 10.8 Å². The zero-order valence-corrected chi connectivity index (χ0v) is 8.53. The van der Waals surface area contributed by atoms with Crippen molar-refractivity contribution in [2.24, 2.45) is 0 Å². The molecule has 0 atom stereocenters. The Balaban J connectivity index is 2.78. The van der Waals surface area contributed by atoms with Crippen LogP contribution in [0, 0.1) is 5.82 Å². The normalized spacial score (nSPS) is 9.92. The van der Waals surface area contributed by atoms with Crippen LogP contribution in [0.1, 0.15) is 0 Å². The molecule has 0 bridgehead atoms. The van der Waals surface area contributed by atoms with Gasteiger partial charge in [-0.25, -0.2) is 4.39 Å². The minimum absolute atomic E-state index is 0.0853. The number of benzene rings is 1. The summed E-state index contributed by atoms with van der Waals surface area (Å²) in [4.78, 5) is 0. The Bertz CT molecular complexity index is 267. The molecule has 0 heterocycles. The number of halogens is 3. The fourth-order valence-electron chi connectivity index (χ4n) is 0.744. The highest BCUT2D eigenvalue weighted by Gasteiger charge is 2.05. The van der Waals surface area contributed by atoms with Crippen LogP contribution in [-0.2, 0) is 0 Å². The summed E-state index contributed by atoms with van der Waals surface area (Å²) in [5, 5.41) is 0.751. The van der Waals surface area contributed by atoms with Crippen LogP contribution in [0.25, 0.3) is 0 Å². The second-order valence-corrected chi connectivity index (χ2v) is 3.29. The van der Waals surface area contributed by atoms with Gasteiger partial charge in [-0.1, -0.05) is 33.6 Å². The fraction of sp³-hybridized carbons (Fsp3) is 0.250. The van der Waals surface area contributed by atoms with Crippen LogP contribution in [-0.4, -0.2) is 11.9 Å². The van der Waals surface area contributed by atoms with E-state index in [9.17, 15) is 4.39 Å². The summed E-state index contributed by atoms with van der Waals surface area (Å²) >= 11 is 8.70. The molecular weight excluding hydrogens is 246 g/mol. The van der Waals surface area contributed by atoms with Gasteiger partial charge in [0, 0.05) is 5.33 Å². The van der Waals surface area contributed by atoms with Gasteiger partial charge >= 0.3 is 0 Å². The molecule has 0 N–H and O–H groups in total. The van der Waals surface area contributed by atoms with Crippen molar-refractivity contribution in [3.05, 3.63) is 29.0 Å². The molecule has 0 amide bonds. The van der Waals surface area contributed by atoms with Gasteiger partial charge in [0.05, 0.1) is 11.6 Å². The Kier molecular flexibility index (Phi) is 3.82. The molecule has 0 aromatic heterocycles. The topological polar surface area (TPSA) is 9.23 Å². The van der Waals surface area contributed by atoms with Crippen LogP contribution < -0.4 is 4.74 Å². The third kappa shape index (κ3) is 2.35. The molecule has 0 aliphatic rings. The standard InChI is InChI=1S/C8H7BrClFO/c9-4-5-12-7-3-1-2-6(10)8(7)11/h1-3H,4-5H2. The molecule has 0 spiro atoms. The molecule has 1 aromatic rings. The first-order chi connectivity index (χ1) is 5.75. The van der Waals surface area contributed by atoms with Crippen LogP contribution in [0.3, 0.4) is 0 Å². The smallest absolute Gasteiger partial charge is 0.183 e. The zero-order valence-electron chi connectivity index (χ0n) is 6.19. The number of hydrogen-bond donors (Lipinski definition) is 0. The van der Waals surface area contributed by atoms with Crippen molar-refractivity contribution < 1.29 is 9.13 Å². The first kappa shape index (κ1) is 9.81. The van der Waals surface area contributed by atoms with Crippen LogP contribution in [0.4, 0.5) is 4.39 Å². The van der Waals surface area contributed by atoms with Crippen molar-refractivity contribution in [3.63, 3.8) is 0 Å². The molecule has 1 aromatic carbocycles. The van der Waals surface area contributed by atoms with Crippen molar-refractivity contribution in [3.8, 4) is 5.75 Å². The lowest BCUT2D eigenvalue weighted by molar-refractivity contribution is 0.326. The van der Waals surface area contributed by atoms with E-state index >= 15 is 0 Å². The minimum atomic E-state index is -0.500. The maximum atomic E-state index is 13.1. The van der Waals surface area contributed by atoms with Crippen molar-refractivity contribution >= 4 is 27.5 Å². The molecule has 0 radical (unpaired) electrons. The lowest BCUT2D eigenvalue weighted by Gasteiger charge is -2.05. The molecule has 0 aliphatic heterocycles. The predicted octanol–water partition coefficient (Wildman–Crippen LogP) is 3.25. The van der Waals surface area contributed by atoms with Gasteiger partial charge in [0.1, 0.15) is 0 Å². The van der Waals surface area contributed by atoms with Crippen molar-refractivity contribution in [1.82, 2.24) is 0 Å². The maximum Gasteiger partial charge on any atom is 0.183 e. The summed E-state index contributed by atoms with van der Waals surface area (Å²) in [5.41, 5.74) is 0. The molecule has 12 heavy (non-hydrogen) atoms. The summed E-state index contributed by atoms with van der Waals surface area (Å²) < 4.78 is 18.1. The van der Waals surface area contributed by atoms with E-state index in [0.29, 0.717) is 11.9 Å². The number of hydrogen-bond acceptors (Lipinski definition) is 1. The molecule has 0 unspecified atom stereocenters. The van der Waals surface area contributed by atoms with Gasteiger partial charge in [-0.15, -0.1) is 0 Å². The van der Waals surface area contributed by atoms with Gasteiger partial charge in [0.2, 0.25) is 0 Å². The van der Waals surface area contributed by atoms with E-state index in [2.05, 4.69) is 15.9 Å². The molecule has 0 saturated heterocycles. The Morgan fingerprint density at radius 1 is 1.50 bits per heavy atom. The summed E-state index contributed by atoms with van der Waals surface area (Å²) in [5.74, 6) is -0.304. The van der Waals surface area contributed by atoms with E-state index in [1.165, 1.54) is 6.07 Å². The quantitative estimate of drug-likeness (QED) is 0.751. The first-order valence-electron chi connectivity index (χ1n) is 3.38. The number of ether oxygens (including phenoxy) is 1. The lowest BCUT2D eigenvalue weighted by Crippen LogP contribution is -1.99. The van der Waals surface area contributed by atoms with E-state index < -0.39 is 5.82 Å². The number of alkyl halides is 1. The molecule has 1 rings (SSSR count). The largest absolute Gasteiger partial charge is 0.490 e. The Morgan fingerprint density at radius 2 is 2.25 bits per heavy atom. The van der Waals surface area contributed by atoms with Gasteiger partial charge < -0.3 is 4.74 Å². The average molecular weight is 253 g/mol. The zero-order chi connectivity index (χ0) is 8.97. The van der Waals surface area contributed by atoms with E-state index in [4.69, 9.17) is 16.3 Å². The highest BCUT2D eigenvalue weighted by Crippen LogP contribution is 2.23. The van der Waals surface area contributed by atoms with Crippen molar-refractivity contribution in [2.75, 3.05) is 11.9 Å².